The zero-order valence-corrected chi connectivity index (χ0v) is 19.6. The highest BCUT2D eigenvalue weighted by atomic mass is 32.2. The monoisotopic (exact) mass is 458 g/mol. The summed E-state index contributed by atoms with van der Waals surface area (Å²) in [7, 11) is -2.01. The lowest BCUT2D eigenvalue weighted by Crippen LogP contribution is -2.38. The first-order valence-corrected chi connectivity index (χ1v) is 12.5. The fourth-order valence-electron chi connectivity index (χ4n) is 4.37. The van der Waals surface area contributed by atoms with Crippen molar-refractivity contribution in [2.75, 3.05) is 25.6 Å². The average Bonchev–Trinajstić information content (AvgIpc) is 3.30. The molecule has 0 saturated heterocycles. The fraction of sp³-hybridized carbons (Fsp3) is 0.458. The van der Waals surface area contributed by atoms with Gasteiger partial charge in [0.25, 0.3) is 0 Å². The van der Waals surface area contributed by atoms with Gasteiger partial charge in [0.1, 0.15) is 13.2 Å². The third-order valence-corrected chi connectivity index (χ3v) is 8.55. The number of hydrogen-bond donors (Lipinski definition) is 1. The number of anilines is 1. The lowest BCUT2D eigenvalue weighted by molar-refractivity contribution is -0.121. The number of rotatable bonds is 6. The largest absolute Gasteiger partial charge is 0.486 e. The van der Waals surface area contributed by atoms with Crippen molar-refractivity contribution in [3.8, 4) is 11.5 Å². The number of amides is 1. The molecule has 8 heteroatoms. The Balaban J connectivity index is 1.57. The van der Waals surface area contributed by atoms with Crippen molar-refractivity contribution in [3.05, 3.63) is 48.0 Å². The smallest absolute Gasteiger partial charge is 0.243 e. The van der Waals surface area contributed by atoms with E-state index in [-0.39, 0.29) is 16.8 Å². The molecule has 1 saturated carbocycles. The molecule has 0 atom stereocenters. The van der Waals surface area contributed by atoms with Gasteiger partial charge in [-0.05, 0) is 68.7 Å². The van der Waals surface area contributed by atoms with E-state index in [0.29, 0.717) is 30.4 Å². The quantitative estimate of drug-likeness (QED) is 0.709. The minimum Gasteiger partial charge on any atom is -0.486 e. The van der Waals surface area contributed by atoms with Crippen LogP contribution in [0.5, 0.6) is 11.5 Å². The molecule has 1 N–H and O–H groups in total. The van der Waals surface area contributed by atoms with Crippen LogP contribution in [0.15, 0.2) is 47.4 Å². The van der Waals surface area contributed by atoms with Gasteiger partial charge in [0, 0.05) is 18.8 Å². The number of carbonyl (C=O) groups excluding carboxylic acids is 1. The number of benzene rings is 2. The molecule has 32 heavy (non-hydrogen) atoms. The Morgan fingerprint density at radius 1 is 1.00 bits per heavy atom. The minimum absolute atomic E-state index is 0.0819. The number of hydrogen-bond acceptors (Lipinski definition) is 5. The third kappa shape index (κ3) is 4.09. The standard InChI is InChI=1S/C24H30N2O5S/c1-17(2)26(3)32(28,29)20-9-7-19(8-10-20)25-23(27)24(12-4-5-13-24)18-6-11-21-22(16-18)31-15-14-30-21/h6-11,16-17H,4-5,12-15H2,1-3H3,(H,25,27). The molecule has 172 valence electrons. The van der Waals surface area contributed by atoms with Gasteiger partial charge in [-0.15, -0.1) is 0 Å². The Morgan fingerprint density at radius 3 is 2.25 bits per heavy atom. The number of fused-ring (bicyclic) bond motifs is 1. The molecule has 0 unspecified atom stereocenters. The summed E-state index contributed by atoms with van der Waals surface area (Å²) in [5.41, 5.74) is 0.859. The van der Waals surface area contributed by atoms with E-state index in [0.717, 1.165) is 31.2 Å². The first-order valence-electron chi connectivity index (χ1n) is 11.0. The Morgan fingerprint density at radius 2 is 1.62 bits per heavy atom. The summed E-state index contributed by atoms with van der Waals surface area (Å²) in [5.74, 6) is 1.30. The van der Waals surface area contributed by atoms with Gasteiger partial charge in [-0.3, -0.25) is 4.79 Å². The number of carbonyl (C=O) groups is 1. The zero-order valence-electron chi connectivity index (χ0n) is 18.8. The molecular weight excluding hydrogens is 428 g/mol. The van der Waals surface area contributed by atoms with Gasteiger partial charge in [0.05, 0.1) is 10.3 Å². The molecule has 1 heterocycles. The van der Waals surface area contributed by atoms with Crippen molar-refractivity contribution in [3.63, 3.8) is 0 Å². The lowest BCUT2D eigenvalue weighted by atomic mass is 9.77. The first-order chi connectivity index (χ1) is 15.2. The van der Waals surface area contributed by atoms with E-state index < -0.39 is 15.4 Å². The van der Waals surface area contributed by atoms with E-state index in [2.05, 4.69) is 5.32 Å². The highest BCUT2D eigenvalue weighted by molar-refractivity contribution is 7.89. The molecule has 0 radical (unpaired) electrons. The van der Waals surface area contributed by atoms with E-state index >= 15 is 0 Å². The van der Waals surface area contributed by atoms with Gasteiger partial charge in [0.15, 0.2) is 11.5 Å². The minimum atomic E-state index is -3.57. The number of ether oxygens (including phenoxy) is 2. The number of sulfonamides is 1. The molecule has 1 aliphatic carbocycles. The zero-order chi connectivity index (χ0) is 22.9. The summed E-state index contributed by atoms with van der Waals surface area (Å²) >= 11 is 0. The van der Waals surface area contributed by atoms with E-state index in [1.54, 1.807) is 19.2 Å². The van der Waals surface area contributed by atoms with Crippen molar-refractivity contribution < 1.29 is 22.7 Å². The summed E-state index contributed by atoms with van der Waals surface area (Å²) in [5, 5.41) is 3.01. The highest BCUT2D eigenvalue weighted by Gasteiger charge is 2.43. The van der Waals surface area contributed by atoms with Gasteiger partial charge >= 0.3 is 0 Å². The maximum absolute atomic E-state index is 13.5. The molecule has 1 amide bonds. The Hall–Kier alpha value is -2.58. The Bertz CT molecular complexity index is 1090. The van der Waals surface area contributed by atoms with Crippen LogP contribution in [0, 0.1) is 0 Å². The highest BCUT2D eigenvalue weighted by Crippen LogP contribution is 2.45. The predicted molar refractivity (Wildman–Crippen MR) is 123 cm³/mol. The molecule has 2 aromatic rings. The Kier molecular flexibility index (Phi) is 6.18. The van der Waals surface area contributed by atoms with Crippen LogP contribution in [0.25, 0.3) is 0 Å². The van der Waals surface area contributed by atoms with Crippen LogP contribution in [0.2, 0.25) is 0 Å². The summed E-state index contributed by atoms with van der Waals surface area (Å²) in [6.07, 6.45) is 3.45. The molecule has 4 rings (SSSR count). The molecule has 1 fully saturated rings. The normalized spacial score (nSPS) is 17.5. The number of nitrogens with zero attached hydrogens (tertiary/aromatic N) is 1. The molecule has 0 aromatic heterocycles. The summed E-state index contributed by atoms with van der Waals surface area (Å²) < 4.78 is 38.1. The Labute approximate surface area is 189 Å². The molecule has 7 nitrogen and oxygen atoms in total. The predicted octanol–water partition coefficient (Wildman–Crippen LogP) is 3.94. The van der Waals surface area contributed by atoms with Crippen molar-refractivity contribution in [1.29, 1.82) is 0 Å². The van der Waals surface area contributed by atoms with E-state index in [4.69, 9.17) is 9.47 Å². The van der Waals surface area contributed by atoms with Gasteiger partial charge in [-0.2, -0.15) is 4.31 Å². The second-order valence-corrected chi connectivity index (χ2v) is 10.7. The van der Waals surface area contributed by atoms with Crippen LogP contribution < -0.4 is 14.8 Å². The second kappa shape index (κ2) is 8.75. The van der Waals surface area contributed by atoms with Crippen LogP contribution >= 0.6 is 0 Å². The third-order valence-electron chi connectivity index (χ3n) is 6.50. The van der Waals surface area contributed by atoms with Crippen LogP contribution in [0.4, 0.5) is 5.69 Å². The van der Waals surface area contributed by atoms with Crippen LogP contribution in [-0.2, 0) is 20.2 Å². The van der Waals surface area contributed by atoms with Gasteiger partial charge in [-0.25, -0.2) is 8.42 Å². The van der Waals surface area contributed by atoms with E-state index in [9.17, 15) is 13.2 Å². The van der Waals surface area contributed by atoms with Crippen molar-refractivity contribution in [2.45, 2.75) is 55.9 Å². The molecule has 2 aromatic carbocycles. The average molecular weight is 459 g/mol. The maximum atomic E-state index is 13.5. The molecule has 2 aliphatic rings. The van der Waals surface area contributed by atoms with Crippen molar-refractivity contribution in [1.82, 2.24) is 4.31 Å². The summed E-state index contributed by atoms with van der Waals surface area (Å²) in [6.45, 7) is 4.67. The van der Waals surface area contributed by atoms with Gasteiger partial charge in [0.2, 0.25) is 15.9 Å². The van der Waals surface area contributed by atoms with Crippen molar-refractivity contribution >= 4 is 21.6 Å². The van der Waals surface area contributed by atoms with E-state index in [1.165, 1.54) is 16.4 Å². The molecule has 0 spiro atoms. The van der Waals surface area contributed by atoms with E-state index in [1.807, 2.05) is 32.0 Å². The van der Waals surface area contributed by atoms with Gasteiger partial charge in [-0.1, -0.05) is 18.9 Å². The SMILES string of the molecule is CC(C)N(C)S(=O)(=O)c1ccc(NC(=O)C2(c3ccc4c(c3)OCCO4)CCCC2)cc1. The molecule has 0 bridgehead atoms. The van der Waals surface area contributed by atoms with Crippen molar-refractivity contribution in [2.24, 2.45) is 0 Å². The second-order valence-electron chi connectivity index (χ2n) is 8.74. The fourth-order valence-corrected chi connectivity index (χ4v) is 5.74. The first kappa shape index (κ1) is 22.6. The maximum Gasteiger partial charge on any atom is 0.243 e. The van der Waals surface area contributed by atoms with Crippen LogP contribution in [0.1, 0.15) is 45.1 Å². The molecule has 1 aliphatic heterocycles. The lowest BCUT2D eigenvalue weighted by Gasteiger charge is -2.30. The van der Waals surface area contributed by atoms with Crippen LogP contribution in [-0.4, -0.2) is 44.9 Å². The van der Waals surface area contributed by atoms with Gasteiger partial charge < -0.3 is 14.8 Å². The number of nitrogens with one attached hydrogen (secondary N) is 1. The van der Waals surface area contributed by atoms with Crippen LogP contribution in [0.3, 0.4) is 0 Å². The topological polar surface area (TPSA) is 84.9 Å². The molecular formula is C24H30N2O5S. The summed E-state index contributed by atoms with van der Waals surface area (Å²) in [4.78, 5) is 13.7. The summed E-state index contributed by atoms with van der Waals surface area (Å²) in [6, 6.07) is 12.0.